The van der Waals surface area contributed by atoms with Crippen LogP contribution in [0.15, 0.2) is 41.0 Å². The zero-order chi connectivity index (χ0) is 38.5. The van der Waals surface area contributed by atoms with Crippen molar-refractivity contribution in [3.63, 3.8) is 0 Å². The van der Waals surface area contributed by atoms with E-state index < -0.39 is 88.2 Å². The van der Waals surface area contributed by atoms with Gasteiger partial charge in [-0.3, -0.25) is 29.0 Å². The first-order chi connectivity index (χ1) is 23.6. The summed E-state index contributed by atoms with van der Waals surface area (Å²) in [5.41, 5.74) is 1.69. The first-order valence-corrected chi connectivity index (χ1v) is 16.3. The van der Waals surface area contributed by atoms with E-state index in [0.29, 0.717) is 11.3 Å². The van der Waals surface area contributed by atoms with Gasteiger partial charge in [0.25, 0.3) is 5.91 Å². The molecule has 0 saturated carbocycles. The van der Waals surface area contributed by atoms with Crippen molar-refractivity contribution in [2.24, 2.45) is 17.6 Å². The van der Waals surface area contributed by atoms with Gasteiger partial charge in [-0.05, 0) is 65.3 Å². The number of amides is 2. The Labute approximate surface area is 295 Å². The summed E-state index contributed by atoms with van der Waals surface area (Å²) in [5, 5.41) is 49.1. The van der Waals surface area contributed by atoms with Crippen molar-refractivity contribution in [1.82, 2.24) is 9.80 Å². The SMILES string of the molecule is C=C(CN(C(=O)OCOC(=O)CC)C(C)(C)C)Nc1cc(N(C)C)c2c(c1O)C(=O)C1=C(O)[C@]3(O)C(=O)C(C(N)=O)=C(O)[C@@H](N(C)C)[C@@H]3C[C@@H]1C2. The fraction of sp³-hybridized carbons (Fsp3) is 0.514. The summed E-state index contributed by atoms with van der Waals surface area (Å²) < 4.78 is 9.99. The van der Waals surface area contributed by atoms with Crippen LogP contribution < -0.4 is 16.0 Å². The highest BCUT2D eigenvalue weighted by Crippen LogP contribution is 2.54. The van der Waals surface area contributed by atoms with E-state index in [1.807, 2.05) is 0 Å². The number of ether oxygens (including phenoxy) is 2. The third-order valence-electron chi connectivity index (χ3n) is 9.56. The highest BCUT2D eigenvalue weighted by molar-refractivity contribution is 6.25. The lowest BCUT2D eigenvalue weighted by Gasteiger charge is -2.50. The summed E-state index contributed by atoms with van der Waals surface area (Å²) in [4.78, 5) is 69.2. The van der Waals surface area contributed by atoms with Crippen molar-refractivity contribution in [2.45, 2.75) is 64.1 Å². The van der Waals surface area contributed by atoms with E-state index in [-0.39, 0.29) is 48.3 Å². The number of nitrogens with two attached hydrogens (primary N) is 1. The van der Waals surface area contributed by atoms with Crippen molar-refractivity contribution in [2.75, 3.05) is 51.7 Å². The molecule has 0 aliphatic heterocycles. The average molecular weight is 714 g/mol. The number of hydrogen-bond donors (Lipinski definition) is 6. The quantitative estimate of drug-likeness (QED) is 0.0884. The number of Topliss-reactive ketones (excluding diaryl/α,β-unsaturated/α-hetero) is 2. The normalized spacial score (nSPS) is 22.9. The molecule has 16 nitrogen and oxygen atoms in total. The van der Waals surface area contributed by atoms with Crippen LogP contribution in [0.1, 0.15) is 56.5 Å². The lowest BCUT2D eigenvalue weighted by Crippen LogP contribution is -2.63. The van der Waals surface area contributed by atoms with Crippen molar-refractivity contribution < 1.29 is 53.9 Å². The van der Waals surface area contributed by atoms with Crippen LogP contribution in [0.5, 0.6) is 5.75 Å². The molecular weight excluding hydrogens is 666 g/mol. The first-order valence-electron chi connectivity index (χ1n) is 16.3. The van der Waals surface area contributed by atoms with Gasteiger partial charge in [-0.1, -0.05) is 13.5 Å². The third-order valence-corrected chi connectivity index (χ3v) is 9.56. The molecule has 1 aromatic rings. The molecule has 0 heterocycles. The Morgan fingerprint density at radius 2 is 1.73 bits per heavy atom. The van der Waals surface area contributed by atoms with Crippen molar-refractivity contribution in [3.05, 3.63) is 52.1 Å². The van der Waals surface area contributed by atoms with Gasteiger partial charge >= 0.3 is 12.1 Å². The van der Waals surface area contributed by atoms with Crippen molar-refractivity contribution in [3.8, 4) is 5.75 Å². The number of nitrogens with one attached hydrogen (secondary N) is 1. The van der Waals surface area contributed by atoms with Gasteiger partial charge < -0.3 is 45.9 Å². The Morgan fingerprint density at radius 1 is 1.10 bits per heavy atom. The second-order valence-electron chi connectivity index (χ2n) is 14.4. The summed E-state index contributed by atoms with van der Waals surface area (Å²) >= 11 is 0. The molecule has 0 radical (unpaired) electrons. The van der Waals surface area contributed by atoms with Gasteiger partial charge in [0, 0.05) is 48.9 Å². The standard InChI is InChI=1S/C35H47N5O11/c1-10-22(41)50-15-51-33(48)40(34(3,4)5)14-16(2)37-20-13-21(38(6)7)18-11-17-12-19-26(39(8)9)29(44)25(32(36)47)31(46)35(19,49)30(45)23(17)28(43)24(18)27(20)42/h13,17,19,26,37,42,44-45,49H,2,10-12,14-15H2,1,3-9H3,(H2,36,47)/t17-,19-,26-,35-/m0/s1. The van der Waals surface area contributed by atoms with Gasteiger partial charge in [0.15, 0.2) is 17.1 Å². The fourth-order valence-electron chi connectivity index (χ4n) is 7.12. The third kappa shape index (κ3) is 6.72. The summed E-state index contributed by atoms with van der Waals surface area (Å²) in [6.45, 7) is 10.1. The molecule has 4 rings (SSSR count). The molecule has 0 spiro atoms. The molecule has 3 aliphatic carbocycles. The van der Waals surface area contributed by atoms with Crippen LogP contribution in [0.25, 0.3) is 0 Å². The Kier molecular flexibility index (Phi) is 10.6. The maximum Gasteiger partial charge on any atom is 0.413 e. The maximum atomic E-state index is 14.3. The number of anilines is 2. The number of benzene rings is 1. The summed E-state index contributed by atoms with van der Waals surface area (Å²) in [6, 6.07) is 0.496. The van der Waals surface area contributed by atoms with E-state index in [1.54, 1.807) is 66.9 Å². The molecule has 0 bridgehead atoms. The smallest absolute Gasteiger partial charge is 0.413 e. The number of phenolic OH excluding ortho intramolecular Hbond substituents is 1. The monoisotopic (exact) mass is 713 g/mol. The minimum Gasteiger partial charge on any atom is -0.510 e. The highest BCUT2D eigenvalue weighted by Gasteiger charge is 2.63. The van der Waals surface area contributed by atoms with Crippen LogP contribution in [0.4, 0.5) is 16.2 Å². The Morgan fingerprint density at radius 3 is 2.25 bits per heavy atom. The van der Waals surface area contributed by atoms with Gasteiger partial charge in [-0.25, -0.2) is 4.79 Å². The van der Waals surface area contributed by atoms with E-state index in [2.05, 4.69) is 11.9 Å². The van der Waals surface area contributed by atoms with Crippen LogP contribution in [0, 0.1) is 11.8 Å². The predicted octanol–water partition coefficient (Wildman–Crippen LogP) is 2.26. The Bertz CT molecular complexity index is 1760. The van der Waals surface area contributed by atoms with E-state index in [1.165, 1.54) is 9.80 Å². The molecular formula is C35H47N5O11. The molecule has 51 heavy (non-hydrogen) atoms. The minimum atomic E-state index is -2.77. The average Bonchev–Trinajstić information content (AvgIpc) is 3.01. The highest BCUT2D eigenvalue weighted by atomic mass is 16.7. The summed E-state index contributed by atoms with van der Waals surface area (Å²) in [5.74, 6) is -8.05. The second-order valence-corrected chi connectivity index (χ2v) is 14.4. The molecule has 0 fully saturated rings. The maximum absolute atomic E-state index is 14.3. The Balaban J connectivity index is 1.75. The van der Waals surface area contributed by atoms with E-state index in [4.69, 9.17) is 15.2 Å². The molecule has 0 unspecified atom stereocenters. The number of aromatic hydroxyl groups is 1. The van der Waals surface area contributed by atoms with Crippen LogP contribution in [-0.4, -0.2) is 118 Å². The molecule has 1 aromatic carbocycles. The van der Waals surface area contributed by atoms with Gasteiger partial charge in [0.05, 0.1) is 23.8 Å². The number of aliphatic hydroxyl groups is 3. The number of phenols is 1. The van der Waals surface area contributed by atoms with Crippen LogP contribution in [-0.2, 0) is 30.3 Å². The molecule has 4 atom stereocenters. The molecule has 16 heteroatoms. The number of fused-ring (bicyclic) bond motifs is 3. The molecule has 2 amide bonds. The van der Waals surface area contributed by atoms with E-state index in [0.717, 1.165) is 0 Å². The number of carbonyl (C=O) groups is 5. The Hall–Kier alpha value is -5.09. The van der Waals surface area contributed by atoms with Crippen molar-refractivity contribution >= 4 is 40.9 Å². The zero-order valence-electron chi connectivity index (χ0n) is 30.1. The molecule has 7 N–H and O–H groups in total. The van der Waals surface area contributed by atoms with Gasteiger partial charge in [0.1, 0.15) is 17.1 Å². The summed E-state index contributed by atoms with van der Waals surface area (Å²) in [7, 11) is 6.59. The number of allylic oxidation sites excluding steroid dienone is 1. The largest absolute Gasteiger partial charge is 0.510 e. The fourth-order valence-corrected chi connectivity index (χ4v) is 7.12. The summed E-state index contributed by atoms with van der Waals surface area (Å²) in [6.07, 6.45) is -0.642. The number of rotatable bonds is 10. The molecule has 0 aromatic heterocycles. The second kappa shape index (κ2) is 13.9. The van der Waals surface area contributed by atoms with Crippen LogP contribution >= 0.6 is 0 Å². The number of aliphatic hydroxyl groups excluding tert-OH is 2. The van der Waals surface area contributed by atoms with Crippen molar-refractivity contribution in [1.29, 1.82) is 0 Å². The zero-order valence-corrected chi connectivity index (χ0v) is 30.1. The number of nitrogens with zero attached hydrogens (tertiary/aromatic N) is 3. The number of carbonyl (C=O) groups excluding carboxylic acids is 5. The molecule has 3 aliphatic rings. The van der Waals surface area contributed by atoms with Gasteiger partial charge in [-0.15, -0.1) is 0 Å². The number of esters is 1. The van der Waals surface area contributed by atoms with E-state index >= 15 is 0 Å². The van der Waals surface area contributed by atoms with Gasteiger partial charge in [0.2, 0.25) is 12.6 Å². The lowest BCUT2D eigenvalue weighted by atomic mass is 9.58. The van der Waals surface area contributed by atoms with E-state index in [9.17, 15) is 44.4 Å². The molecule has 278 valence electrons. The number of likely N-dealkylation sites (N-methyl/N-ethyl adjacent to an activating group) is 1. The number of ketones is 2. The number of hydrogen-bond acceptors (Lipinski definition) is 14. The number of primary amides is 1. The lowest BCUT2D eigenvalue weighted by molar-refractivity contribution is -0.152. The predicted molar refractivity (Wildman–Crippen MR) is 185 cm³/mol. The minimum absolute atomic E-state index is 0.0334. The van der Waals surface area contributed by atoms with Crippen LogP contribution in [0.3, 0.4) is 0 Å². The topological polar surface area (TPSA) is 232 Å². The molecule has 0 saturated heterocycles. The first kappa shape index (κ1) is 38.7. The van der Waals surface area contributed by atoms with Gasteiger partial charge in [-0.2, -0.15) is 0 Å². The van der Waals surface area contributed by atoms with Crippen LogP contribution in [0.2, 0.25) is 0 Å².